The molecule has 0 saturated carbocycles. The molecule has 3 aromatic heterocycles. The van der Waals surface area contributed by atoms with Crippen LogP contribution in [0.1, 0.15) is 28.1 Å². The lowest BCUT2D eigenvalue weighted by Crippen LogP contribution is -1.96. The average Bonchev–Trinajstić information content (AvgIpc) is 2.95. The Bertz CT molecular complexity index is 1850. The Hall–Kier alpha value is -2.98. The molecule has 12 heteroatoms. The third-order valence-corrected chi connectivity index (χ3v) is 8.45. The first-order chi connectivity index (χ1) is 19.4. The molecule has 3 N–H and O–H groups in total. The number of phenols is 3. The van der Waals surface area contributed by atoms with E-state index >= 15 is 0 Å². The van der Waals surface area contributed by atoms with Gasteiger partial charge in [0.1, 0.15) is 50.3 Å². The van der Waals surface area contributed by atoms with E-state index < -0.39 is 0 Å². The van der Waals surface area contributed by atoms with Crippen LogP contribution in [0.4, 0.5) is 0 Å². The maximum Gasteiger partial charge on any atom is 0.146 e. The van der Waals surface area contributed by atoms with Crippen LogP contribution >= 0.6 is 61.1 Å². The Balaban J connectivity index is 0.000000142. The minimum atomic E-state index is 0.200. The van der Waals surface area contributed by atoms with E-state index in [-0.39, 0.29) is 17.2 Å². The Morgan fingerprint density at radius 2 is 0.878 bits per heavy atom. The van der Waals surface area contributed by atoms with Crippen molar-refractivity contribution in [1.29, 1.82) is 0 Å². The second-order valence-electron chi connectivity index (χ2n) is 9.17. The average molecular weight is 839 g/mol. The Labute approximate surface area is 272 Å². The van der Waals surface area contributed by atoms with E-state index in [9.17, 15) is 15.3 Å². The molecule has 210 valence electrons. The second kappa shape index (κ2) is 12.9. The SMILES string of the molecule is Cc1cc(Br)c2nccnc2c1O.Cc1cc(I)c2nc(C)c(C)nc2c1O.Cc1cc(I)c2nccnc2c1O. The molecule has 6 aromatic rings. The highest BCUT2D eigenvalue weighted by atomic mass is 127. The van der Waals surface area contributed by atoms with Gasteiger partial charge in [-0.15, -0.1) is 0 Å². The topological polar surface area (TPSA) is 138 Å². The first-order valence-corrected chi connectivity index (χ1v) is 15.2. The van der Waals surface area contributed by atoms with Gasteiger partial charge in [0.05, 0.1) is 11.4 Å². The van der Waals surface area contributed by atoms with Crippen LogP contribution in [0.5, 0.6) is 17.2 Å². The smallest absolute Gasteiger partial charge is 0.146 e. The van der Waals surface area contributed by atoms with Gasteiger partial charge in [0.2, 0.25) is 0 Å². The van der Waals surface area contributed by atoms with Crippen molar-refractivity contribution < 1.29 is 15.3 Å². The van der Waals surface area contributed by atoms with Gasteiger partial charge in [-0.25, -0.2) is 19.9 Å². The number of hydrogen-bond acceptors (Lipinski definition) is 9. The van der Waals surface area contributed by atoms with Gasteiger partial charge in [0, 0.05) is 36.4 Å². The van der Waals surface area contributed by atoms with Gasteiger partial charge < -0.3 is 15.3 Å². The lowest BCUT2D eigenvalue weighted by atomic mass is 10.2. The molecule has 0 spiro atoms. The number of fused-ring (bicyclic) bond motifs is 3. The van der Waals surface area contributed by atoms with E-state index in [2.05, 4.69) is 91.0 Å². The van der Waals surface area contributed by atoms with Crippen molar-refractivity contribution in [3.63, 3.8) is 0 Å². The highest BCUT2D eigenvalue weighted by Gasteiger charge is 2.12. The molecular formula is C29H25BrI2N6O3. The van der Waals surface area contributed by atoms with Crippen molar-refractivity contribution in [3.05, 3.63) is 82.7 Å². The molecule has 0 aliphatic heterocycles. The third kappa shape index (κ3) is 6.59. The number of hydrogen-bond donors (Lipinski definition) is 3. The van der Waals surface area contributed by atoms with E-state index in [0.29, 0.717) is 22.1 Å². The van der Waals surface area contributed by atoms with Crippen LogP contribution in [0.3, 0.4) is 0 Å². The largest absolute Gasteiger partial charge is 0.505 e. The molecule has 0 aliphatic carbocycles. The van der Waals surface area contributed by atoms with Gasteiger partial charge in [-0.2, -0.15) is 0 Å². The van der Waals surface area contributed by atoms with Crippen LogP contribution in [0.25, 0.3) is 33.1 Å². The van der Waals surface area contributed by atoms with Crippen LogP contribution in [0, 0.1) is 41.8 Å². The number of aryl methyl sites for hydroxylation is 5. The predicted molar refractivity (Wildman–Crippen MR) is 180 cm³/mol. The Morgan fingerprint density at radius 3 is 1.41 bits per heavy atom. The number of phenolic OH excluding ortho intramolecular Hbond substituents is 3. The molecule has 0 unspecified atom stereocenters. The summed E-state index contributed by atoms with van der Waals surface area (Å²) in [6.07, 6.45) is 6.37. The minimum Gasteiger partial charge on any atom is -0.505 e. The molecule has 0 amide bonds. The first-order valence-electron chi connectivity index (χ1n) is 12.2. The number of rotatable bonds is 0. The van der Waals surface area contributed by atoms with Crippen LogP contribution in [-0.4, -0.2) is 45.2 Å². The van der Waals surface area contributed by atoms with E-state index in [0.717, 1.165) is 50.7 Å². The first kappa shape index (κ1) is 31.0. The molecule has 0 fully saturated rings. The van der Waals surface area contributed by atoms with Crippen molar-refractivity contribution in [2.45, 2.75) is 34.6 Å². The molecule has 3 aromatic carbocycles. The fourth-order valence-corrected chi connectivity index (χ4v) is 6.19. The summed E-state index contributed by atoms with van der Waals surface area (Å²) in [5.41, 5.74) is 8.16. The molecular weight excluding hydrogens is 814 g/mol. The molecule has 0 atom stereocenters. The summed E-state index contributed by atoms with van der Waals surface area (Å²) < 4.78 is 2.88. The summed E-state index contributed by atoms with van der Waals surface area (Å²) in [6, 6.07) is 5.64. The third-order valence-electron chi connectivity index (χ3n) is 6.21. The highest BCUT2D eigenvalue weighted by Crippen LogP contribution is 2.32. The summed E-state index contributed by atoms with van der Waals surface area (Å²) in [5, 5.41) is 29.2. The maximum absolute atomic E-state index is 9.89. The van der Waals surface area contributed by atoms with E-state index in [1.807, 2.05) is 52.8 Å². The molecule has 0 aliphatic rings. The molecule has 0 bridgehead atoms. The zero-order valence-corrected chi connectivity index (χ0v) is 28.6. The van der Waals surface area contributed by atoms with Gasteiger partial charge >= 0.3 is 0 Å². The normalized spacial score (nSPS) is 10.7. The van der Waals surface area contributed by atoms with Crippen molar-refractivity contribution in [2.24, 2.45) is 0 Å². The Kier molecular flexibility index (Phi) is 9.74. The number of aromatic hydroxyl groups is 3. The summed E-state index contributed by atoms with van der Waals surface area (Å²) in [4.78, 5) is 25.2. The number of nitrogens with zero attached hydrogens (tertiary/aromatic N) is 6. The Morgan fingerprint density at radius 1 is 0.512 bits per heavy atom. The number of aromatic nitrogens is 6. The minimum absolute atomic E-state index is 0.200. The van der Waals surface area contributed by atoms with Crippen LogP contribution in [0.2, 0.25) is 0 Å². The van der Waals surface area contributed by atoms with Gasteiger partial charge in [-0.1, -0.05) is 0 Å². The zero-order valence-electron chi connectivity index (χ0n) is 22.7. The van der Waals surface area contributed by atoms with Crippen LogP contribution in [0.15, 0.2) is 47.5 Å². The summed E-state index contributed by atoms with van der Waals surface area (Å²) in [6.45, 7) is 9.37. The second-order valence-corrected chi connectivity index (χ2v) is 12.3. The summed E-state index contributed by atoms with van der Waals surface area (Å²) in [5.74, 6) is 0.663. The van der Waals surface area contributed by atoms with Gasteiger partial charge in [0.25, 0.3) is 0 Å². The zero-order chi connectivity index (χ0) is 30.0. The molecule has 41 heavy (non-hydrogen) atoms. The standard InChI is InChI=1S/C11H11IN2O.C9H7BrN2O.C9H7IN2O/c1-5-4-8(12)9-10(11(5)15)14-7(3)6(2)13-9;2*1-5-4-6(10)7-8(9(5)13)12-3-2-11-7/h4,15H,1-3H3;2*2-4,13H,1H3. The van der Waals surface area contributed by atoms with Gasteiger partial charge in [-0.05, 0) is 131 Å². The predicted octanol–water partition coefficient (Wildman–Crippen LogP) is 7.52. The van der Waals surface area contributed by atoms with Crippen molar-refractivity contribution in [2.75, 3.05) is 0 Å². The van der Waals surface area contributed by atoms with Crippen molar-refractivity contribution in [1.82, 2.24) is 29.9 Å². The van der Waals surface area contributed by atoms with Crippen LogP contribution in [-0.2, 0) is 0 Å². The molecule has 9 nitrogen and oxygen atoms in total. The van der Waals surface area contributed by atoms with E-state index in [4.69, 9.17) is 0 Å². The summed E-state index contributed by atoms with van der Waals surface area (Å²) in [7, 11) is 0. The van der Waals surface area contributed by atoms with Crippen molar-refractivity contribution >= 4 is 94.2 Å². The fraction of sp³-hybridized carbons (Fsp3) is 0.172. The highest BCUT2D eigenvalue weighted by molar-refractivity contribution is 14.1. The van der Waals surface area contributed by atoms with Crippen LogP contribution < -0.4 is 0 Å². The number of halogens is 3. The lowest BCUT2D eigenvalue weighted by molar-refractivity contribution is 0.475. The van der Waals surface area contributed by atoms with E-state index in [1.165, 1.54) is 0 Å². The quantitative estimate of drug-likeness (QED) is 0.133. The fourth-order valence-electron chi connectivity index (χ4n) is 3.85. The molecule has 0 saturated heterocycles. The van der Waals surface area contributed by atoms with E-state index in [1.54, 1.807) is 24.8 Å². The summed E-state index contributed by atoms with van der Waals surface area (Å²) >= 11 is 7.77. The molecule has 0 radical (unpaired) electrons. The molecule has 6 rings (SSSR count). The molecule has 3 heterocycles. The lowest BCUT2D eigenvalue weighted by Gasteiger charge is -2.07. The van der Waals surface area contributed by atoms with Gasteiger partial charge in [-0.3, -0.25) is 9.97 Å². The number of benzene rings is 3. The monoisotopic (exact) mass is 838 g/mol. The van der Waals surface area contributed by atoms with Gasteiger partial charge in [0.15, 0.2) is 0 Å². The van der Waals surface area contributed by atoms with Crippen molar-refractivity contribution in [3.8, 4) is 17.2 Å². The maximum atomic E-state index is 9.89.